The van der Waals surface area contributed by atoms with Crippen LogP contribution in [0.15, 0.2) is 0 Å². The molecule has 0 amide bonds. The van der Waals surface area contributed by atoms with Gasteiger partial charge in [-0.05, 0) is 13.3 Å². The Labute approximate surface area is 105 Å². The van der Waals surface area contributed by atoms with Gasteiger partial charge in [-0.15, -0.1) is 0 Å². The maximum Gasteiger partial charge on any atom is 0.175 e. The van der Waals surface area contributed by atoms with E-state index in [4.69, 9.17) is 0 Å². The summed E-state index contributed by atoms with van der Waals surface area (Å²) in [4.78, 5) is 21.5. The number of rotatable bonds is 11. The number of Topliss-reactive ketones (excluding diaryl/α,β-unsaturated/α-hetero) is 1. The van der Waals surface area contributed by atoms with Crippen LogP contribution in [0.25, 0.3) is 0 Å². The molecule has 1 atom stereocenters. The molecule has 0 saturated carbocycles. The average Bonchev–Trinajstić information content (AvgIpc) is 2.28. The lowest BCUT2D eigenvalue weighted by Crippen LogP contribution is -2.35. The van der Waals surface area contributed by atoms with Crippen molar-refractivity contribution in [2.45, 2.75) is 70.8 Å². The van der Waals surface area contributed by atoms with Crippen molar-refractivity contribution in [3.63, 3.8) is 0 Å². The molecule has 17 heavy (non-hydrogen) atoms. The van der Waals surface area contributed by atoms with Crippen molar-refractivity contribution in [3.8, 4) is 0 Å². The molecule has 0 aliphatic rings. The molecule has 0 heterocycles. The van der Waals surface area contributed by atoms with Crippen molar-refractivity contribution in [2.75, 3.05) is 0 Å². The van der Waals surface area contributed by atoms with Gasteiger partial charge in [0.2, 0.25) is 0 Å². The zero-order valence-corrected chi connectivity index (χ0v) is 11.1. The second kappa shape index (κ2) is 9.34. The third-order valence-corrected chi connectivity index (χ3v) is 3.02. The van der Waals surface area contributed by atoms with Gasteiger partial charge in [-0.3, -0.25) is 4.79 Å². The quantitative estimate of drug-likeness (QED) is 0.344. The molecule has 0 fully saturated rings. The summed E-state index contributed by atoms with van der Waals surface area (Å²) in [7, 11) is 0. The van der Waals surface area contributed by atoms with Crippen LogP contribution in [0.4, 0.5) is 0 Å². The van der Waals surface area contributed by atoms with Gasteiger partial charge in [0, 0.05) is 0 Å². The monoisotopic (exact) mass is 241 g/mol. The fourth-order valence-electron chi connectivity index (χ4n) is 1.79. The normalized spacial score (nSPS) is 14.3. The van der Waals surface area contributed by atoms with Crippen molar-refractivity contribution >= 4 is 12.1 Å². The molecule has 1 radical (unpaired) electrons. The highest BCUT2D eigenvalue weighted by atomic mass is 16.3. The number of aliphatic hydroxyl groups is 1. The molecule has 0 spiro atoms. The zero-order chi connectivity index (χ0) is 13.1. The summed E-state index contributed by atoms with van der Waals surface area (Å²) < 4.78 is 0. The largest absolute Gasteiger partial charge is 0.382 e. The molecule has 1 unspecified atom stereocenters. The van der Waals surface area contributed by atoms with Crippen LogP contribution < -0.4 is 0 Å². The van der Waals surface area contributed by atoms with Gasteiger partial charge in [0.25, 0.3) is 0 Å². The number of aldehydes is 1. The summed E-state index contributed by atoms with van der Waals surface area (Å²) in [6, 6.07) is 0. The Morgan fingerprint density at radius 2 is 1.65 bits per heavy atom. The van der Waals surface area contributed by atoms with Crippen LogP contribution in [0.3, 0.4) is 0 Å². The molecule has 0 bridgehead atoms. The van der Waals surface area contributed by atoms with Gasteiger partial charge in [-0.25, -0.2) is 0 Å². The minimum Gasteiger partial charge on any atom is -0.382 e. The maximum absolute atomic E-state index is 11.3. The molecule has 99 valence electrons. The first-order chi connectivity index (χ1) is 8.04. The van der Waals surface area contributed by atoms with E-state index in [1.165, 1.54) is 32.6 Å². The van der Waals surface area contributed by atoms with Crippen LogP contribution in [0, 0.1) is 6.42 Å². The number of hydrogen-bond donors (Lipinski definition) is 1. The van der Waals surface area contributed by atoms with Crippen molar-refractivity contribution in [3.05, 3.63) is 6.42 Å². The predicted octanol–water partition coefficient (Wildman–Crippen LogP) is 2.85. The summed E-state index contributed by atoms with van der Waals surface area (Å²) in [5, 5.41) is 9.82. The molecular formula is C14H25O3. The Morgan fingerprint density at radius 3 is 2.18 bits per heavy atom. The van der Waals surface area contributed by atoms with E-state index in [-0.39, 0.29) is 0 Å². The Hall–Kier alpha value is -0.700. The van der Waals surface area contributed by atoms with Crippen LogP contribution in [0.1, 0.15) is 65.2 Å². The van der Waals surface area contributed by atoms with Gasteiger partial charge in [-0.1, -0.05) is 51.9 Å². The van der Waals surface area contributed by atoms with Gasteiger partial charge >= 0.3 is 0 Å². The van der Waals surface area contributed by atoms with Crippen molar-refractivity contribution in [1.29, 1.82) is 0 Å². The molecule has 1 N–H and O–H groups in total. The second-order valence-electron chi connectivity index (χ2n) is 4.81. The third kappa shape index (κ3) is 8.08. The molecule has 0 aliphatic heterocycles. The fraction of sp³-hybridized carbons (Fsp3) is 0.786. The number of ketones is 1. The molecule has 3 heteroatoms. The van der Waals surface area contributed by atoms with Crippen molar-refractivity contribution < 1.29 is 14.7 Å². The Balaban J connectivity index is 3.58. The average molecular weight is 241 g/mol. The SMILES string of the molecule is CCCCCCCCCC(C)(O)C(=O)[CH]C=O. The van der Waals surface area contributed by atoms with Gasteiger partial charge in [0.05, 0.1) is 6.42 Å². The summed E-state index contributed by atoms with van der Waals surface area (Å²) in [6.07, 6.45) is 9.81. The van der Waals surface area contributed by atoms with Crippen LogP contribution in [0.2, 0.25) is 0 Å². The van der Waals surface area contributed by atoms with E-state index in [2.05, 4.69) is 6.92 Å². The predicted molar refractivity (Wildman–Crippen MR) is 68.6 cm³/mol. The van der Waals surface area contributed by atoms with Gasteiger partial charge in [0.15, 0.2) is 5.78 Å². The van der Waals surface area contributed by atoms with Crippen LogP contribution >= 0.6 is 0 Å². The fourth-order valence-corrected chi connectivity index (χ4v) is 1.79. The molecule has 0 rings (SSSR count). The molecule has 0 aromatic heterocycles. The van der Waals surface area contributed by atoms with E-state index in [0.717, 1.165) is 25.7 Å². The van der Waals surface area contributed by atoms with E-state index in [1.807, 2.05) is 0 Å². The molecule has 0 aliphatic carbocycles. The zero-order valence-electron chi connectivity index (χ0n) is 11.1. The number of carbonyl (C=O) groups is 2. The van der Waals surface area contributed by atoms with Crippen LogP contribution in [-0.2, 0) is 9.59 Å². The third-order valence-electron chi connectivity index (χ3n) is 3.02. The smallest absolute Gasteiger partial charge is 0.175 e. The number of hydrogen-bond acceptors (Lipinski definition) is 3. The summed E-state index contributed by atoms with van der Waals surface area (Å²) in [5.74, 6) is -0.488. The van der Waals surface area contributed by atoms with Gasteiger partial charge in [-0.2, -0.15) is 0 Å². The second-order valence-corrected chi connectivity index (χ2v) is 4.81. The highest BCUT2D eigenvalue weighted by Crippen LogP contribution is 2.17. The standard InChI is InChI=1S/C14H25O3/c1-3-4-5-6-7-8-9-11-14(2,17)13(16)10-12-15/h10,12,17H,3-9,11H2,1-2H3. The first-order valence-electron chi connectivity index (χ1n) is 6.60. The molecule has 3 nitrogen and oxygen atoms in total. The summed E-state index contributed by atoms with van der Waals surface area (Å²) in [5.41, 5.74) is -1.37. The molecule has 0 aromatic rings. The van der Waals surface area contributed by atoms with Gasteiger partial charge in [0.1, 0.15) is 11.9 Å². The summed E-state index contributed by atoms with van der Waals surface area (Å²) in [6.45, 7) is 3.67. The molecular weight excluding hydrogens is 216 g/mol. The van der Waals surface area contributed by atoms with E-state index >= 15 is 0 Å². The minimum atomic E-state index is -1.37. The van der Waals surface area contributed by atoms with Crippen molar-refractivity contribution in [1.82, 2.24) is 0 Å². The van der Waals surface area contributed by atoms with Crippen molar-refractivity contribution in [2.24, 2.45) is 0 Å². The number of carbonyl (C=O) groups excluding carboxylic acids is 2. The maximum atomic E-state index is 11.3. The first kappa shape index (κ1) is 16.3. The van der Waals surface area contributed by atoms with Gasteiger partial charge < -0.3 is 9.90 Å². The highest BCUT2D eigenvalue weighted by molar-refractivity contribution is 6.05. The lowest BCUT2D eigenvalue weighted by Gasteiger charge is -2.20. The summed E-state index contributed by atoms with van der Waals surface area (Å²) >= 11 is 0. The Kier molecular flexibility index (Phi) is 8.96. The topological polar surface area (TPSA) is 54.4 Å². The Bertz CT molecular complexity index is 222. The minimum absolute atomic E-state index is 0.432. The van der Waals surface area contributed by atoms with E-state index in [9.17, 15) is 14.7 Å². The van der Waals surface area contributed by atoms with E-state index < -0.39 is 11.4 Å². The molecule has 0 saturated heterocycles. The van der Waals surface area contributed by atoms with Crippen LogP contribution in [0.5, 0.6) is 0 Å². The van der Waals surface area contributed by atoms with E-state index in [0.29, 0.717) is 12.7 Å². The number of unbranched alkanes of at least 4 members (excludes halogenated alkanes) is 6. The Morgan fingerprint density at radius 1 is 1.12 bits per heavy atom. The first-order valence-corrected chi connectivity index (χ1v) is 6.60. The molecule has 0 aromatic carbocycles. The highest BCUT2D eigenvalue weighted by Gasteiger charge is 2.28. The lowest BCUT2D eigenvalue weighted by molar-refractivity contribution is -0.133. The van der Waals surface area contributed by atoms with Crippen LogP contribution in [-0.4, -0.2) is 22.8 Å². The lowest BCUT2D eigenvalue weighted by atomic mass is 9.92. The van der Waals surface area contributed by atoms with E-state index in [1.54, 1.807) is 0 Å².